The largest absolute Gasteiger partial charge is 0.512 e. The number of hydrogen-bond donors (Lipinski definition) is 5. The molecule has 0 saturated heterocycles. The van der Waals surface area contributed by atoms with Gasteiger partial charge in [0.05, 0.1) is 79.7 Å². The Kier molecular flexibility index (Phi) is 64.6. The molecule has 19 nitrogen and oxygen atoms in total. The third-order valence-corrected chi connectivity index (χ3v) is 23.7. The topological polar surface area (TPSA) is 296 Å². The Morgan fingerprint density at radius 3 is 1.12 bits per heavy atom. The smallest absolute Gasteiger partial charge is 0.207 e. The van der Waals surface area contributed by atoms with E-state index in [4.69, 9.17) is 40.4 Å². The summed E-state index contributed by atoms with van der Waals surface area (Å²) in [6.45, 7) is 29.2. The fraction of sp³-hybridized carbons (Fsp3) is 0.226. The standard InChI is InChI=1S/C35H42N4.2C15H10N.2C13H8NS.C8H6N2O.4C5H8O2.5CH4.4Ir.Pt/c1-9-21-20(8)28-16-30-22(10-2)23(11-3)32(37-30)18-34-26(14-6)27(15-7)35(39-34)19-33-25(13-5)24(12-4)31(38-33)17-29(21)36-28;1-2-7-13(8-3-1)15-14-9-5-4-6-12(14)10-11-16-15;1-2-6-12(7-3-1)15-11-10-13-8-4-5-9-14(13)16-15;2*1-2-7-12-10(5-1)9-13(15-12)11-6-3-4-8-14-11;11-7-3-5-9-6-2-1-4-10-8(6)7;4*1-4(6)3-5(2)7;;;;;;;;;;/h16-19H,9-15H2,1-8H3;1-7,9-11H;1-6,8-11H;2*1-8H;1-5H,(H,9,11);4*3,6H,1-2H3;5*1H4;;;;;/q;4*-1;;;;;;;;;;;;;;;. The second-order valence-corrected chi connectivity index (χ2v) is 34.3. The van der Waals surface area contributed by atoms with Crippen LogP contribution in [0.3, 0.4) is 0 Å². The molecule has 14 aromatic rings. The summed E-state index contributed by atoms with van der Waals surface area (Å²) in [7, 11) is 0. The second-order valence-electron chi connectivity index (χ2n) is 32.2. The maximum absolute atomic E-state index is 11.1. The molecule has 0 fully saturated rings. The molecule has 0 spiro atoms. The molecule has 0 saturated carbocycles. The van der Waals surface area contributed by atoms with Gasteiger partial charge in [0.1, 0.15) is 5.52 Å². The predicted molar refractivity (Wildman–Crippen MR) is 612 cm³/mol. The summed E-state index contributed by atoms with van der Waals surface area (Å²) < 4.78 is 2.52. The Morgan fingerprint density at radius 1 is 0.360 bits per heavy atom. The van der Waals surface area contributed by atoms with Crippen molar-refractivity contribution in [1.29, 1.82) is 0 Å². The Hall–Kier alpha value is -12.6. The molecule has 5 aliphatic heterocycles. The van der Waals surface area contributed by atoms with Crippen LogP contribution in [-0.4, -0.2) is 96.3 Å². The molecule has 798 valence electrons. The molecule has 5 aliphatic rings. The van der Waals surface area contributed by atoms with Gasteiger partial charge in [-0.15, -0.1) is 119 Å². The van der Waals surface area contributed by atoms with Gasteiger partial charge in [-0.25, -0.2) is 42.6 Å². The first-order chi connectivity index (χ1) is 67.5. The number of aromatic nitrogens is 6. The van der Waals surface area contributed by atoms with Crippen molar-refractivity contribution < 1.29 is 141 Å². The second kappa shape index (κ2) is 70.5. The molecule has 0 aliphatic carbocycles. The summed E-state index contributed by atoms with van der Waals surface area (Å²) in [5, 5.41) is 39.3. The van der Waals surface area contributed by atoms with Crippen molar-refractivity contribution >= 4 is 122 Å². The number of aliphatic hydroxyl groups is 4. The molecule has 0 unspecified atom stereocenters. The Bertz CT molecular complexity index is 7110. The number of hydrogen-bond acceptors (Lipinski definition) is 20. The van der Waals surface area contributed by atoms with Gasteiger partial charge < -0.3 is 40.4 Å². The maximum atomic E-state index is 11.1. The van der Waals surface area contributed by atoms with Gasteiger partial charge in [-0.3, -0.25) is 33.9 Å². The molecule has 150 heavy (non-hydrogen) atoms. The van der Waals surface area contributed by atoms with E-state index in [-0.39, 0.29) is 190 Å². The number of allylic oxidation sites excluding steroid dienone is 20. The number of aromatic amines is 1. The summed E-state index contributed by atoms with van der Waals surface area (Å²) in [6.07, 6.45) is 28.9. The van der Waals surface area contributed by atoms with Gasteiger partial charge in [-0.1, -0.05) is 189 Å². The van der Waals surface area contributed by atoms with Crippen molar-refractivity contribution in [2.75, 3.05) is 0 Å². The summed E-state index contributed by atoms with van der Waals surface area (Å²) in [5.74, 6) is -0.250. The molecule has 4 radical (unpaired) electrons. The number of pyridine rings is 6. The van der Waals surface area contributed by atoms with Crippen LogP contribution in [0.1, 0.15) is 193 Å². The van der Waals surface area contributed by atoms with Crippen LogP contribution in [0.15, 0.2) is 413 Å². The van der Waals surface area contributed by atoms with Crippen LogP contribution in [0.2, 0.25) is 0 Å². The molecule has 26 heteroatoms. The summed E-state index contributed by atoms with van der Waals surface area (Å²) in [4.78, 5) is 98.8. The van der Waals surface area contributed by atoms with Crippen molar-refractivity contribution in [3.8, 4) is 43.7 Å². The van der Waals surface area contributed by atoms with Crippen molar-refractivity contribution in [3.05, 3.63) is 423 Å². The minimum absolute atomic E-state index is 0. The third-order valence-electron chi connectivity index (χ3n) is 21.5. The first-order valence-electron chi connectivity index (χ1n) is 46.4. The summed E-state index contributed by atoms with van der Waals surface area (Å²) in [6, 6.07) is 85.1. The molecule has 19 rings (SSSR count). The van der Waals surface area contributed by atoms with Gasteiger partial charge in [0.25, 0.3) is 0 Å². The number of nitrogens with one attached hydrogen (secondary N) is 1. The number of nitrogens with zero attached hydrogens (tertiary/aromatic N) is 9. The van der Waals surface area contributed by atoms with Crippen molar-refractivity contribution in [2.45, 2.75) is 193 Å². The number of carbonyl (C=O) groups is 4. The number of aliphatic hydroxyl groups excluding tert-OH is 4. The van der Waals surface area contributed by atoms with Gasteiger partial charge >= 0.3 is 0 Å². The number of ketones is 4. The number of rotatable bonds is 15. The van der Waals surface area contributed by atoms with Crippen LogP contribution in [0, 0.1) is 24.3 Å². The van der Waals surface area contributed by atoms with Crippen LogP contribution in [0.25, 0.3) is 96.5 Å². The normalized spacial score (nSPS) is 12.7. The number of aliphatic imine (C=N–C) groups is 4. The maximum Gasteiger partial charge on any atom is 0.207 e. The molecular formula is C124H136Ir4N10O9PtS2-4. The Labute approximate surface area is 962 Å². The molecule has 8 bridgehead atoms. The van der Waals surface area contributed by atoms with E-state index in [1.807, 2.05) is 164 Å². The molecule has 0 atom stereocenters. The number of carbonyl (C=O) groups excluding carboxylic acids is 4. The molecule has 5 N–H and O–H groups in total. The predicted octanol–water partition coefficient (Wildman–Crippen LogP) is 32.6. The number of benzene rings is 6. The van der Waals surface area contributed by atoms with E-state index in [0.717, 1.165) is 145 Å². The van der Waals surface area contributed by atoms with E-state index >= 15 is 0 Å². The molecular weight excluding hydrogens is 2800 g/mol. The number of thiophene rings is 2. The van der Waals surface area contributed by atoms with E-state index in [2.05, 4.69) is 195 Å². The van der Waals surface area contributed by atoms with Crippen molar-refractivity contribution in [2.24, 2.45) is 20.0 Å². The molecule has 13 heterocycles. The average molecular weight is 2940 g/mol. The van der Waals surface area contributed by atoms with Crippen molar-refractivity contribution in [1.82, 2.24) is 29.9 Å². The molecule has 0 amide bonds. The zero-order valence-electron chi connectivity index (χ0n) is 83.6. The third kappa shape index (κ3) is 40.6. The first kappa shape index (κ1) is 137. The minimum atomic E-state index is -0.125. The van der Waals surface area contributed by atoms with Crippen LogP contribution in [-0.2, 0) is 121 Å². The Morgan fingerprint density at radius 2 is 0.733 bits per heavy atom. The monoisotopic (exact) mass is 2940 g/mol. The Balaban J connectivity index is 0.00000173. The zero-order valence-corrected chi connectivity index (χ0v) is 97.0. The van der Waals surface area contributed by atoms with E-state index in [1.165, 1.54) is 167 Å². The van der Waals surface area contributed by atoms with Gasteiger partial charge in [0, 0.05) is 174 Å². The van der Waals surface area contributed by atoms with E-state index in [1.54, 1.807) is 41.1 Å². The summed E-state index contributed by atoms with van der Waals surface area (Å²) in [5.41, 5.74) is 27.2. The van der Waals surface area contributed by atoms with Gasteiger partial charge in [-0.2, -0.15) is 0 Å². The number of H-pyrrole nitrogens is 1. The van der Waals surface area contributed by atoms with E-state index in [9.17, 15) is 24.0 Å². The average Bonchev–Trinajstić information content (AvgIpc) is 1.61. The quantitative estimate of drug-likeness (QED) is 0.0362. The zero-order chi connectivity index (χ0) is 101. The van der Waals surface area contributed by atoms with Crippen LogP contribution in [0.5, 0.6) is 0 Å². The SMILES string of the molecule is C.C.C.C.C.CC(=O)C=C(C)O.CC(=O)C=C(C)O.CC(=O)C=C(C)O.CC(=O)C=C(C)O.CCC1=C(C)C2=CC3=NC(=CC4=NC(=CC5=NC(=CC1=N2)C(CC)=C5CC)C(CC)=C4CC)C(CC)=C3CC.O=c1cc[nH]c2cccnc12.[Ir].[Ir].[Ir].[Ir].[Pt].[c-]1c(-c2ccccn2)sc2ccccc12.[c-]1c(-c2ccccn2)sc2ccccc12.[c-]1ccccc1-c1ccc2ccccc2n1.[c-]1ccccc1-c1nccc2ccccc12. The van der Waals surface area contributed by atoms with Crippen LogP contribution < -0.4 is 5.43 Å². The van der Waals surface area contributed by atoms with Gasteiger partial charge in [0.2, 0.25) is 5.43 Å². The van der Waals surface area contributed by atoms with E-state index < -0.39 is 0 Å². The fourth-order valence-electron chi connectivity index (χ4n) is 15.5. The van der Waals surface area contributed by atoms with Crippen LogP contribution >= 0.6 is 22.7 Å². The first-order valence-corrected chi connectivity index (χ1v) is 48.0. The van der Waals surface area contributed by atoms with E-state index in [0.29, 0.717) is 5.52 Å². The number of fused-ring (bicyclic) bond motifs is 9. The summed E-state index contributed by atoms with van der Waals surface area (Å²) >= 11 is 3.46. The fourth-order valence-corrected chi connectivity index (χ4v) is 17.5. The van der Waals surface area contributed by atoms with Crippen LogP contribution in [0.4, 0.5) is 0 Å². The molecule has 6 aromatic carbocycles. The van der Waals surface area contributed by atoms with Crippen molar-refractivity contribution in [3.63, 3.8) is 0 Å². The van der Waals surface area contributed by atoms with Gasteiger partial charge in [0.15, 0.2) is 23.1 Å². The van der Waals surface area contributed by atoms with Gasteiger partial charge in [-0.05, 0) is 259 Å². The minimum Gasteiger partial charge on any atom is -0.512 e. The number of para-hydroxylation sites is 1. The molecule has 8 aromatic heterocycles.